The molecule has 254 valence electrons. The van der Waals surface area contributed by atoms with Crippen molar-refractivity contribution in [2.24, 2.45) is 12.5 Å². The summed E-state index contributed by atoms with van der Waals surface area (Å²) in [6, 6.07) is 17.9. The fourth-order valence-electron chi connectivity index (χ4n) is 6.68. The molecule has 2 aromatic carbocycles. The average Bonchev–Trinajstić information content (AvgIpc) is 3.52. The number of halogens is 1. The standard InChI is InChI=1S/C35H39FN10O3/c1-35(2)22-46(34(47)29-19-43(3)42-41-29)18-28(36)32(35)49-30-9-4-23(16-24(30)17-37)33-38-11-10-31(40-33)39-25-5-7-26(8-6-25)44-12-14-45(15-13-44)27-20-48-21-27/h4-11,16,19,27-28,32H,12-15,18,20-22H2,1-3H3,(H,38,39,40)/t28-,32-/m1/s1. The van der Waals surface area contributed by atoms with Crippen molar-refractivity contribution in [2.75, 3.05) is 62.7 Å². The Kier molecular flexibility index (Phi) is 8.87. The number of anilines is 3. The van der Waals surface area contributed by atoms with E-state index in [1.54, 1.807) is 37.5 Å². The molecule has 1 N–H and O–H groups in total. The van der Waals surface area contributed by atoms with Gasteiger partial charge in [0.25, 0.3) is 5.91 Å². The minimum Gasteiger partial charge on any atom is -0.485 e. The van der Waals surface area contributed by atoms with Crippen LogP contribution in [0.1, 0.15) is 29.9 Å². The van der Waals surface area contributed by atoms with Crippen molar-refractivity contribution in [3.63, 3.8) is 0 Å². The maximum absolute atomic E-state index is 15.7. The lowest BCUT2D eigenvalue weighted by molar-refractivity contribution is -0.0660. The first-order valence-corrected chi connectivity index (χ1v) is 16.4. The molecular weight excluding hydrogens is 627 g/mol. The molecular formula is C35H39FN10O3. The molecule has 3 saturated heterocycles. The van der Waals surface area contributed by atoms with Crippen molar-refractivity contribution < 1.29 is 18.7 Å². The molecule has 2 atom stereocenters. The van der Waals surface area contributed by atoms with E-state index in [0.717, 1.165) is 45.1 Å². The highest BCUT2D eigenvalue weighted by molar-refractivity contribution is 5.92. The molecule has 5 heterocycles. The van der Waals surface area contributed by atoms with Crippen LogP contribution in [-0.2, 0) is 11.8 Å². The van der Waals surface area contributed by atoms with E-state index in [1.165, 1.54) is 21.5 Å². The quantitative estimate of drug-likeness (QED) is 0.295. The van der Waals surface area contributed by atoms with Crippen molar-refractivity contribution in [1.82, 2.24) is 34.8 Å². The molecule has 4 aromatic rings. The number of carbonyl (C=O) groups is 1. The van der Waals surface area contributed by atoms with Crippen LogP contribution in [0.15, 0.2) is 60.9 Å². The van der Waals surface area contributed by atoms with Crippen LogP contribution in [-0.4, -0.2) is 111 Å². The van der Waals surface area contributed by atoms with E-state index in [-0.39, 0.29) is 36.0 Å². The molecule has 0 radical (unpaired) electrons. The molecule has 0 bridgehead atoms. The van der Waals surface area contributed by atoms with Crippen molar-refractivity contribution in [2.45, 2.75) is 32.2 Å². The molecule has 14 heteroatoms. The van der Waals surface area contributed by atoms with E-state index >= 15 is 4.39 Å². The minimum atomic E-state index is -1.49. The number of hydrogen-bond donors (Lipinski definition) is 1. The maximum Gasteiger partial charge on any atom is 0.276 e. The van der Waals surface area contributed by atoms with E-state index in [0.29, 0.717) is 23.2 Å². The third-order valence-corrected chi connectivity index (χ3v) is 9.42. The second kappa shape index (κ2) is 13.4. The first-order valence-electron chi connectivity index (χ1n) is 16.4. The number of piperazine rings is 1. The number of ether oxygens (including phenoxy) is 2. The van der Waals surface area contributed by atoms with Crippen molar-refractivity contribution >= 4 is 23.1 Å². The number of nitrogens with zero attached hydrogens (tertiary/aromatic N) is 9. The highest BCUT2D eigenvalue weighted by Gasteiger charge is 2.46. The van der Waals surface area contributed by atoms with Gasteiger partial charge >= 0.3 is 0 Å². The summed E-state index contributed by atoms with van der Waals surface area (Å²) in [6.07, 6.45) is 0.787. The molecule has 3 fully saturated rings. The van der Waals surface area contributed by atoms with Crippen LogP contribution in [0.2, 0.25) is 0 Å². The number of nitrogens with one attached hydrogen (secondary N) is 1. The summed E-state index contributed by atoms with van der Waals surface area (Å²) in [6.45, 7) is 9.53. The highest BCUT2D eigenvalue weighted by Crippen LogP contribution is 2.37. The molecule has 49 heavy (non-hydrogen) atoms. The normalized spacial score (nSPS) is 21.1. The van der Waals surface area contributed by atoms with Crippen LogP contribution in [0.25, 0.3) is 11.4 Å². The Labute approximate surface area is 284 Å². The summed E-state index contributed by atoms with van der Waals surface area (Å²) in [5.74, 6) is 0.910. The maximum atomic E-state index is 15.7. The number of benzene rings is 2. The summed E-state index contributed by atoms with van der Waals surface area (Å²) in [7, 11) is 1.67. The van der Waals surface area contributed by atoms with E-state index in [1.807, 2.05) is 26.0 Å². The molecule has 3 aliphatic heterocycles. The van der Waals surface area contributed by atoms with Crippen LogP contribution in [0.4, 0.5) is 21.6 Å². The fourth-order valence-corrected chi connectivity index (χ4v) is 6.68. The van der Waals surface area contributed by atoms with Gasteiger partial charge in [0.15, 0.2) is 17.7 Å². The predicted octanol–water partition coefficient (Wildman–Crippen LogP) is 3.68. The highest BCUT2D eigenvalue weighted by atomic mass is 19.1. The Morgan fingerprint density at radius 3 is 2.53 bits per heavy atom. The van der Waals surface area contributed by atoms with Crippen molar-refractivity contribution in [3.8, 4) is 23.2 Å². The van der Waals surface area contributed by atoms with Gasteiger partial charge in [0.1, 0.15) is 23.7 Å². The number of piperidine rings is 1. The minimum absolute atomic E-state index is 0.159. The summed E-state index contributed by atoms with van der Waals surface area (Å²) in [5.41, 5.74) is 2.34. The number of carbonyl (C=O) groups excluding carboxylic acids is 1. The molecule has 0 spiro atoms. The van der Waals surface area contributed by atoms with Gasteiger partial charge in [-0.3, -0.25) is 14.4 Å². The Morgan fingerprint density at radius 1 is 1.10 bits per heavy atom. The van der Waals surface area contributed by atoms with Gasteiger partial charge in [-0.2, -0.15) is 5.26 Å². The summed E-state index contributed by atoms with van der Waals surface area (Å²) >= 11 is 0. The monoisotopic (exact) mass is 666 g/mol. The zero-order valence-electron chi connectivity index (χ0n) is 27.8. The third kappa shape index (κ3) is 6.90. The zero-order valence-corrected chi connectivity index (χ0v) is 27.8. The number of aromatic nitrogens is 5. The smallest absolute Gasteiger partial charge is 0.276 e. The first kappa shape index (κ1) is 32.4. The van der Waals surface area contributed by atoms with Gasteiger partial charge < -0.3 is 24.6 Å². The van der Waals surface area contributed by atoms with E-state index in [4.69, 9.17) is 9.47 Å². The molecule has 3 aliphatic rings. The lowest BCUT2D eigenvalue weighted by atomic mass is 9.80. The van der Waals surface area contributed by atoms with Gasteiger partial charge in [-0.05, 0) is 48.5 Å². The molecule has 0 unspecified atom stereocenters. The number of nitriles is 1. The van der Waals surface area contributed by atoms with E-state index < -0.39 is 17.7 Å². The second-order valence-electron chi connectivity index (χ2n) is 13.5. The molecule has 0 aliphatic carbocycles. The van der Waals surface area contributed by atoms with E-state index in [9.17, 15) is 10.1 Å². The van der Waals surface area contributed by atoms with Crippen LogP contribution < -0.4 is 15.0 Å². The SMILES string of the molecule is Cn1cc(C(=O)N2C[C@@H](F)[C@@H](Oc3ccc(-c4nccc(Nc5ccc(N6CCN(C7COC7)CC6)cc5)n4)cc3C#N)C(C)(C)C2)nn1. The number of amides is 1. The first-order chi connectivity index (χ1) is 23.7. The van der Waals surface area contributed by atoms with Crippen molar-refractivity contribution in [1.29, 1.82) is 5.26 Å². The lowest BCUT2D eigenvalue weighted by Gasteiger charge is -2.45. The molecule has 2 aromatic heterocycles. The third-order valence-electron chi connectivity index (χ3n) is 9.42. The summed E-state index contributed by atoms with van der Waals surface area (Å²) < 4.78 is 28.6. The molecule has 0 saturated carbocycles. The van der Waals surface area contributed by atoms with Gasteiger partial charge in [-0.25, -0.2) is 14.4 Å². The van der Waals surface area contributed by atoms with Crippen LogP contribution >= 0.6 is 0 Å². The van der Waals surface area contributed by atoms with Gasteiger partial charge in [0, 0.05) is 68.3 Å². The Hall–Kier alpha value is -5.13. The number of hydrogen-bond acceptors (Lipinski definition) is 11. The Morgan fingerprint density at radius 2 is 1.88 bits per heavy atom. The van der Waals surface area contributed by atoms with Gasteiger partial charge in [0.05, 0.1) is 37.6 Å². The van der Waals surface area contributed by atoms with Crippen LogP contribution in [0.3, 0.4) is 0 Å². The molecule has 1 amide bonds. The van der Waals surface area contributed by atoms with Gasteiger partial charge in [0.2, 0.25) is 0 Å². The predicted molar refractivity (Wildman–Crippen MR) is 180 cm³/mol. The van der Waals surface area contributed by atoms with E-state index in [2.05, 4.69) is 53.6 Å². The van der Waals surface area contributed by atoms with Crippen LogP contribution in [0, 0.1) is 16.7 Å². The largest absolute Gasteiger partial charge is 0.485 e. The second-order valence-corrected chi connectivity index (χ2v) is 13.5. The number of rotatable bonds is 8. The fraction of sp³-hybridized carbons (Fsp3) is 0.429. The number of likely N-dealkylation sites (tertiary alicyclic amines) is 1. The Balaban J connectivity index is 0.997. The average molecular weight is 667 g/mol. The number of alkyl halides is 1. The summed E-state index contributed by atoms with van der Waals surface area (Å²) in [4.78, 5) is 28.4. The zero-order chi connectivity index (χ0) is 34.1. The molecule has 7 rings (SSSR count). The topological polar surface area (TPSA) is 138 Å². The summed E-state index contributed by atoms with van der Waals surface area (Å²) in [5, 5.41) is 21.1. The lowest BCUT2D eigenvalue weighted by Crippen LogP contribution is -2.59. The Bertz CT molecular complexity index is 1850. The molecule has 13 nitrogen and oxygen atoms in total. The van der Waals surface area contributed by atoms with Gasteiger partial charge in [-0.15, -0.1) is 5.10 Å². The number of aryl methyl sites for hydroxylation is 1. The van der Waals surface area contributed by atoms with Crippen molar-refractivity contribution in [3.05, 3.63) is 72.2 Å². The van der Waals surface area contributed by atoms with Gasteiger partial charge in [-0.1, -0.05) is 19.1 Å². The van der Waals surface area contributed by atoms with Crippen LogP contribution in [0.5, 0.6) is 5.75 Å².